The molecule has 1 aromatic heterocycles. The van der Waals surface area contributed by atoms with Crippen molar-refractivity contribution in [3.63, 3.8) is 0 Å². The van der Waals surface area contributed by atoms with Crippen molar-refractivity contribution < 1.29 is 8.42 Å². The van der Waals surface area contributed by atoms with E-state index < -0.39 is 9.84 Å². The predicted molar refractivity (Wildman–Crippen MR) is 95.5 cm³/mol. The van der Waals surface area contributed by atoms with Gasteiger partial charge in [0.15, 0.2) is 9.84 Å². The van der Waals surface area contributed by atoms with Crippen molar-refractivity contribution in [1.29, 1.82) is 0 Å². The summed E-state index contributed by atoms with van der Waals surface area (Å²) in [7, 11) is -3.16. The molecule has 6 heteroatoms. The highest BCUT2D eigenvalue weighted by atomic mass is 32.2. The Bertz CT molecular complexity index is 872. The Labute approximate surface area is 143 Å². The first-order chi connectivity index (χ1) is 11.3. The molecule has 0 amide bonds. The number of sulfone groups is 1. The van der Waals surface area contributed by atoms with Crippen LogP contribution in [-0.4, -0.2) is 23.6 Å². The lowest BCUT2D eigenvalue weighted by atomic mass is 10.1. The zero-order chi connectivity index (χ0) is 17.5. The third kappa shape index (κ3) is 3.15. The van der Waals surface area contributed by atoms with Crippen LogP contribution in [0.4, 0.5) is 11.5 Å². The number of hydrogen-bond donors (Lipinski definition) is 1. The van der Waals surface area contributed by atoms with E-state index in [1.165, 1.54) is 0 Å². The molecule has 1 saturated carbocycles. The lowest BCUT2D eigenvalue weighted by Gasteiger charge is -2.15. The number of benzene rings is 1. The molecule has 1 N–H and O–H groups in total. The van der Waals surface area contributed by atoms with E-state index in [1.807, 2.05) is 19.9 Å². The standard InChI is InChI=1S/C18H23N3O2S/c1-11(2)17-13(4)18(20-10-19-17)21-16-8-7-15(9-12(16)3)24(22,23)14-5-6-14/h7-11,14H,5-6H2,1-4H3,(H,19,20,21). The topological polar surface area (TPSA) is 72.0 Å². The molecule has 1 heterocycles. The van der Waals surface area contributed by atoms with Crippen LogP contribution in [-0.2, 0) is 9.84 Å². The highest BCUT2D eigenvalue weighted by molar-refractivity contribution is 7.92. The van der Waals surface area contributed by atoms with Gasteiger partial charge in [0.05, 0.1) is 15.8 Å². The Hall–Kier alpha value is -1.95. The molecule has 0 unspecified atom stereocenters. The van der Waals surface area contributed by atoms with Gasteiger partial charge in [-0.15, -0.1) is 0 Å². The second-order valence-corrected chi connectivity index (χ2v) is 8.96. The molecule has 1 aliphatic rings. The fourth-order valence-electron chi connectivity index (χ4n) is 2.82. The van der Waals surface area contributed by atoms with Crippen LogP contribution in [0.25, 0.3) is 0 Å². The Morgan fingerprint density at radius 2 is 1.88 bits per heavy atom. The Balaban J connectivity index is 1.90. The lowest BCUT2D eigenvalue weighted by molar-refractivity contribution is 0.594. The molecule has 0 bridgehead atoms. The maximum Gasteiger partial charge on any atom is 0.181 e. The normalized spacial score (nSPS) is 14.9. The maximum absolute atomic E-state index is 12.3. The zero-order valence-electron chi connectivity index (χ0n) is 14.5. The van der Waals surface area contributed by atoms with Crippen LogP contribution >= 0.6 is 0 Å². The van der Waals surface area contributed by atoms with Crippen LogP contribution in [0.15, 0.2) is 29.4 Å². The summed E-state index contributed by atoms with van der Waals surface area (Å²) in [6.45, 7) is 8.11. The number of aryl methyl sites for hydroxylation is 1. The Morgan fingerprint density at radius 3 is 2.46 bits per heavy atom. The van der Waals surface area contributed by atoms with Crippen LogP contribution in [0, 0.1) is 13.8 Å². The summed E-state index contributed by atoms with van der Waals surface area (Å²) in [5, 5.41) is 3.13. The molecule has 0 radical (unpaired) electrons. The van der Waals surface area contributed by atoms with Crippen molar-refractivity contribution in [2.75, 3.05) is 5.32 Å². The molecular formula is C18H23N3O2S. The number of aromatic nitrogens is 2. The number of nitrogens with one attached hydrogen (secondary N) is 1. The molecule has 2 aromatic rings. The van der Waals surface area contributed by atoms with E-state index in [2.05, 4.69) is 29.1 Å². The van der Waals surface area contributed by atoms with Crippen molar-refractivity contribution in [2.24, 2.45) is 0 Å². The quantitative estimate of drug-likeness (QED) is 0.890. The molecular weight excluding hydrogens is 322 g/mol. The van der Waals surface area contributed by atoms with Gasteiger partial charge in [0.2, 0.25) is 0 Å². The molecule has 0 aliphatic heterocycles. The molecule has 5 nitrogen and oxygen atoms in total. The van der Waals surface area contributed by atoms with Crippen molar-refractivity contribution in [3.8, 4) is 0 Å². The van der Waals surface area contributed by atoms with Gasteiger partial charge in [-0.3, -0.25) is 0 Å². The van der Waals surface area contributed by atoms with Crippen LogP contribution in [0.5, 0.6) is 0 Å². The number of rotatable bonds is 5. The molecule has 1 aromatic carbocycles. The summed E-state index contributed by atoms with van der Waals surface area (Å²) in [4.78, 5) is 9.08. The zero-order valence-corrected chi connectivity index (χ0v) is 15.3. The highest BCUT2D eigenvalue weighted by Gasteiger charge is 2.36. The van der Waals surface area contributed by atoms with Gasteiger partial charge in [-0.1, -0.05) is 13.8 Å². The maximum atomic E-state index is 12.3. The third-order valence-electron chi connectivity index (χ3n) is 4.41. The van der Waals surface area contributed by atoms with Crippen LogP contribution < -0.4 is 5.32 Å². The molecule has 3 rings (SSSR count). The van der Waals surface area contributed by atoms with E-state index in [-0.39, 0.29) is 5.25 Å². The summed E-state index contributed by atoms with van der Waals surface area (Å²) >= 11 is 0. The molecule has 0 atom stereocenters. The van der Waals surface area contributed by atoms with Gasteiger partial charge in [0, 0.05) is 11.3 Å². The van der Waals surface area contributed by atoms with Crippen molar-refractivity contribution in [1.82, 2.24) is 9.97 Å². The second-order valence-electron chi connectivity index (χ2n) is 6.73. The minimum Gasteiger partial charge on any atom is -0.340 e. The van der Waals surface area contributed by atoms with Gasteiger partial charge in [-0.25, -0.2) is 18.4 Å². The number of anilines is 2. The number of nitrogens with zero attached hydrogens (tertiary/aromatic N) is 2. The Kier molecular flexibility index (Phi) is 4.34. The van der Waals surface area contributed by atoms with E-state index in [9.17, 15) is 8.42 Å². The molecule has 0 spiro atoms. The summed E-state index contributed by atoms with van der Waals surface area (Å²) in [6, 6.07) is 5.25. The summed E-state index contributed by atoms with van der Waals surface area (Å²) in [5.41, 5.74) is 3.78. The predicted octanol–water partition coefficient (Wildman–Crippen LogP) is 3.90. The van der Waals surface area contributed by atoms with Gasteiger partial charge in [-0.05, 0) is 56.4 Å². The summed E-state index contributed by atoms with van der Waals surface area (Å²) in [6.07, 6.45) is 3.12. The van der Waals surface area contributed by atoms with Gasteiger partial charge < -0.3 is 5.32 Å². The largest absolute Gasteiger partial charge is 0.340 e. The van der Waals surface area contributed by atoms with Crippen LogP contribution in [0.2, 0.25) is 0 Å². The summed E-state index contributed by atoms with van der Waals surface area (Å²) in [5.74, 6) is 1.08. The average Bonchev–Trinajstić information content (AvgIpc) is 3.36. The molecule has 1 fully saturated rings. The van der Waals surface area contributed by atoms with Crippen molar-refractivity contribution >= 4 is 21.3 Å². The number of hydrogen-bond acceptors (Lipinski definition) is 5. The van der Waals surface area contributed by atoms with Crippen molar-refractivity contribution in [2.45, 2.75) is 56.6 Å². The second kappa shape index (κ2) is 6.16. The van der Waals surface area contributed by atoms with E-state index in [1.54, 1.807) is 18.5 Å². The van der Waals surface area contributed by atoms with E-state index in [4.69, 9.17) is 0 Å². The van der Waals surface area contributed by atoms with Crippen LogP contribution in [0.1, 0.15) is 49.4 Å². The highest BCUT2D eigenvalue weighted by Crippen LogP contribution is 2.35. The van der Waals surface area contributed by atoms with E-state index >= 15 is 0 Å². The minimum atomic E-state index is -3.16. The van der Waals surface area contributed by atoms with Gasteiger partial charge in [0.1, 0.15) is 12.1 Å². The first-order valence-corrected chi connectivity index (χ1v) is 9.78. The SMILES string of the molecule is Cc1cc(S(=O)(=O)C2CC2)ccc1Nc1ncnc(C(C)C)c1C. The van der Waals surface area contributed by atoms with E-state index in [0.29, 0.717) is 10.8 Å². The minimum absolute atomic E-state index is 0.187. The van der Waals surface area contributed by atoms with Gasteiger partial charge >= 0.3 is 0 Å². The fraction of sp³-hybridized carbons (Fsp3) is 0.444. The van der Waals surface area contributed by atoms with Crippen molar-refractivity contribution in [3.05, 3.63) is 41.3 Å². The van der Waals surface area contributed by atoms with Crippen LogP contribution in [0.3, 0.4) is 0 Å². The summed E-state index contributed by atoms with van der Waals surface area (Å²) < 4.78 is 24.7. The Morgan fingerprint density at radius 1 is 1.17 bits per heavy atom. The first kappa shape index (κ1) is 16.9. The van der Waals surface area contributed by atoms with Gasteiger partial charge in [0.25, 0.3) is 0 Å². The monoisotopic (exact) mass is 345 g/mol. The molecule has 0 saturated heterocycles. The average molecular weight is 345 g/mol. The molecule has 128 valence electrons. The fourth-order valence-corrected chi connectivity index (χ4v) is 4.56. The first-order valence-electron chi connectivity index (χ1n) is 8.23. The van der Waals surface area contributed by atoms with E-state index in [0.717, 1.165) is 41.2 Å². The molecule has 1 aliphatic carbocycles. The molecule has 24 heavy (non-hydrogen) atoms. The lowest BCUT2D eigenvalue weighted by Crippen LogP contribution is -2.08. The smallest absolute Gasteiger partial charge is 0.181 e. The van der Waals surface area contributed by atoms with Gasteiger partial charge in [-0.2, -0.15) is 0 Å². The third-order valence-corrected chi connectivity index (χ3v) is 6.67.